The van der Waals surface area contributed by atoms with Crippen molar-refractivity contribution in [3.63, 3.8) is 0 Å². The van der Waals surface area contributed by atoms with Crippen molar-refractivity contribution in [3.8, 4) is 0 Å². The molecule has 132 valence electrons. The summed E-state index contributed by atoms with van der Waals surface area (Å²) < 4.78 is 42.6. The van der Waals surface area contributed by atoms with Gasteiger partial charge in [-0.15, -0.1) is 0 Å². The van der Waals surface area contributed by atoms with E-state index in [1.165, 1.54) is 29.1 Å². The van der Waals surface area contributed by atoms with Crippen LogP contribution in [0.3, 0.4) is 0 Å². The minimum absolute atomic E-state index is 0.0804. The van der Waals surface area contributed by atoms with E-state index in [1.807, 2.05) is 0 Å². The minimum atomic E-state index is -3.83. The molecule has 3 aromatic rings. The highest BCUT2D eigenvalue weighted by atomic mass is 35.5. The summed E-state index contributed by atoms with van der Waals surface area (Å²) in [5, 5.41) is 10.9. The fourth-order valence-corrected chi connectivity index (χ4v) is 4.07. The van der Waals surface area contributed by atoms with Crippen LogP contribution in [-0.4, -0.2) is 28.4 Å². The molecule has 25 heavy (non-hydrogen) atoms. The van der Waals surface area contributed by atoms with E-state index >= 15 is 0 Å². The van der Waals surface area contributed by atoms with Gasteiger partial charge in [-0.2, -0.15) is 10.2 Å². The third-order valence-corrected chi connectivity index (χ3v) is 5.56. The Labute approximate surface area is 148 Å². The molecule has 0 fully saturated rings. The lowest BCUT2D eigenvalue weighted by Gasteiger charge is -2.07. The molecule has 0 bridgehead atoms. The highest BCUT2D eigenvalue weighted by Crippen LogP contribution is 2.22. The Bertz CT molecular complexity index is 989. The second-order valence-corrected chi connectivity index (χ2v) is 7.49. The Kier molecular flexibility index (Phi) is 4.53. The van der Waals surface area contributed by atoms with Gasteiger partial charge in [0.2, 0.25) is 0 Å². The van der Waals surface area contributed by atoms with Gasteiger partial charge in [-0.3, -0.25) is 14.5 Å². The predicted molar refractivity (Wildman–Crippen MR) is 91.6 cm³/mol. The van der Waals surface area contributed by atoms with Crippen LogP contribution in [0.5, 0.6) is 0 Å². The molecule has 2 aromatic heterocycles. The van der Waals surface area contributed by atoms with Gasteiger partial charge < -0.3 is 0 Å². The van der Waals surface area contributed by atoms with Crippen LogP contribution in [0, 0.1) is 19.7 Å². The average molecular weight is 384 g/mol. The molecular weight excluding hydrogens is 369 g/mol. The van der Waals surface area contributed by atoms with Crippen molar-refractivity contribution >= 4 is 27.4 Å². The second kappa shape index (κ2) is 6.49. The largest absolute Gasteiger partial charge is 0.281 e. The number of nitrogens with zero attached hydrogens (tertiary/aromatic N) is 3. The van der Waals surface area contributed by atoms with Gasteiger partial charge in [-0.05, 0) is 26.0 Å². The lowest BCUT2D eigenvalue weighted by molar-refractivity contribution is 0.585. The molecule has 0 saturated carbocycles. The Morgan fingerprint density at radius 2 is 2.08 bits per heavy atom. The van der Waals surface area contributed by atoms with E-state index in [2.05, 4.69) is 20.0 Å². The number of benzene rings is 1. The lowest BCUT2D eigenvalue weighted by atomic mass is 10.2. The van der Waals surface area contributed by atoms with Crippen LogP contribution in [0.4, 0.5) is 10.2 Å². The summed E-state index contributed by atoms with van der Waals surface area (Å²) in [5.41, 5.74) is 1.08. The average Bonchev–Trinajstić information content (AvgIpc) is 3.09. The minimum Gasteiger partial charge on any atom is -0.281 e. The number of aryl methyl sites for hydroxylation is 2. The van der Waals surface area contributed by atoms with Crippen molar-refractivity contribution in [2.24, 2.45) is 0 Å². The second-order valence-electron chi connectivity index (χ2n) is 5.47. The molecule has 0 amide bonds. The van der Waals surface area contributed by atoms with Crippen LogP contribution >= 0.6 is 11.6 Å². The number of nitrogens with one attached hydrogen (secondary N) is 2. The first kappa shape index (κ1) is 17.4. The first-order valence-electron chi connectivity index (χ1n) is 7.28. The first-order chi connectivity index (χ1) is 11.8. The number of H-pyrrole nitrogens is 1. The van der Waals surface area contributed by atoms with Crippen LogP contribution in [0.15, 0.2) is 35.4 Å². The molecule has 2 heterocycles. The van der Waals surface area contributed by atoms with Crippen molar-refractivity contribution in [1.29, 1.82) is 0 Å². The molecular formula is C15H15ClFN5O2S. The third-order valence-electron chi connectivity index (χ3n) is 3.59. The lowest BCUT2D eigenvalue weighted by Crippen LogP contribution is -2.15. The maximum atomic E-state index is 13.8. The number of aromatic nitrogens is 4. The molecule has 2 N–H and O–H groups in total. The first-order valence-corrected chi connectivity index (χ1v) is 9.15. The molecule has 10 heteroatoms. The van der Waals surface area contributed by atoms with E-state index in [0.717, 1.165) is 0 Å². The monoisotopic (exact) mass is 383 g/mol. The van der Waals surface area contributed by atoms with Crippen LogP contribution < -0.4 is 4.72 Å². The van der Waals surface area contributed by atoms with Crippen LogP contribution in [0.2, 0.25) is 5.02 Å². The molecule has 0 radical (unpaired) electrons. The van der Waals surface area contributed by atoms with E-state index in [4.69, 9.17) is 11.6 Å². The molecule has 0 aliphatic heterocycles. The number of hydrogen-bond acceptors (Lipinski definition) is 4. The highest BCUT2D eigenvalue weighted by molar-refractivity contribution is 7.92. The number of sulfonamides is 1. The van der Waals surface area contributed by atoms with E-state index in [1.54, 1.807) is 19.9 Å². The van der Waals surface area contributed by atoms with E-state index in [0.29, 0.717) is 11.4 Å². The molecule has 0 aliphatic carbocycles. The molecule has 0 aliphatic rings. The standard InChI is InChI=1S/C15H15ClFN5O2S/c1-9-15(10(2)19-18-9)25(23,24)21-14-6-7-22(20-14)8-11-12(16)4-3-5-13(11)17/h3-7H,8H2,1-2H3,(H,18,19)(H,20,21). The van der Waals surface area contributed by atoms with Gasteiger partial charge in [0.25, 0.3) is 10.0 Å². The Hall–Kier alpha value is -2.39. The van der Waals surface area contributed by atoms with Crippen molar-refractivity contribution in [2.45, 2.75) is 25.3 Å². The van der Waals surface area contributed by atoms with Gasteiger partial charge in [0, 0.05) is 22.8 Å². The van der Waals surface area contributed by atoms with Crippen LogP contribution in [0.25, 0.3) is 0 Å². The zero-order valence-electron chi connectivity index (χ0n) is 13.4. The summed E-state index contributed by atoms with van der Waals surface area (Å²) in [6, 6.07) is 5.88. The summed E-state index contributed by atoms with van der Waals surface area (Å²) in [4.78, 5) is 0.0826. The van der Waals surface area contributed by atoms with Crippen LogP contribution in [0.1, 0.15) is 17.0 Å². The molecule has 1 aromatic carbocycles. The molecule has 0 spiro atoms. The summed E-state index contributed by atoms with van der Waals surface area (Å²) in [7, 11) is -3.83. The SMILES string of the molecule is Cc1n[nH]c(C)c1S(=O)(=O)Nc1ccn(Cc2c(F)cccc2Cl)n1. The Morgan fingerprint density at radius 3 is 2.72 bits per heavy atom. The zero-order chi connectivity index (χ0) is 18.2. The van der Waals surface area contributed by atoms with Crippen molar-refractivity contribution in [3.05, 3.63) is 58.3 Å². The number of halogens is 2. The quantitative estimate of drug-likeness (QED) is 0.708. The molecule has 0 saturated heterocycles. The number of aromatic amines is 1. The van der Waals surface area contributed by atoms with Crippen LogP contribution in [-0.2, 0) is 16.6 Å². The number of rotatable bonds is 5. The van der Waals surface area contributed by atoms with Crippen molar-refractivity contribution < 1.29 is 12.8 Å². The maximum absolute atomic E-state index is 13.8. The third kappa shape index (κ3) is 3.52. The van der Waals surface area contributed by atoms with Gasteiger partial charge >= 0.3 is 0 Å². The van der Waals surface area contributed by atoms with Crippen molar-refractivity contribution in [1.82, 2.24) is 20.0 Å². The fraction of sp³-hybridized carbons (Fsp3) is 0.200. The van der Waals surface area contributed by atoms with Gasteiger partial charge in [-0.25, -0.2) is 12.8 Å². The summed E-state index contributed by atoms with van der Waals surface area (Å²) >= 11 is 5.99. The zero-order valence-corrected chi connectivity index (χ0v) is 15.0. The maximum Gasteiger partial charge on any atom is 0.266 e. The van der Waals surface area contributed by atoms with Gasteiger partial charge in [0.05, 0.1) is 17.9 Å². The van der Waals surface area contributed by atoms with E-state index in [-0.39, 0.29) is 27.8 Å². The molecule has 7 nitrogen and oxygen atoms in total. The summed E-state index contributed by atoms with van der Waals surface area (Å²) in [5.74, 6) is -0.331. The van der Waals surface area contributed by atoms with Crippen molar-refractivity contribution in [2.75, 3.05) is 4.72 Å². The van der Waals surface area contributed by atoms with Gasteiger partial charge in [0.1, 0.15) is 10.7 Å². The van der Waals surface area contributed by atoms with E-state index in [9.17, 15) is 12.8 Å². The number of hydrogen-bond donors (Lipinski definition) is 2. The summed E-state index contributed by atoms with van der Waals surface area (Å²) in [6.07, 6.45) is 1.54. The normalized spacial score (nSPS) is 11.7. The smallest absolute Gasteiger partial charge is 0.266 e. The number of anilines is 1. The predicted octanol–water partition coefficient (Wildman–Crippen LogP) is 2.86. The summed E-state index contributed by atoms with van der Waals surface area (Å²) in [6.45, 7) is 3.29. The fourth-order valence-electron chi connectivity index (χ4n) is 2.47. The highest BCUT2D eigenvalue weighted by Gasteiger charge is 2.23. The Morgan fingerprint density at radius 1 is 1.32 bits per heavy atom. The van der Waals surface area contributed by atoms with Gasteiger partial charge in [0.15, 0.2) is 5.82 Å². The van der Waals surface area contributed by atoms with Gasteiger partial charge in [-0.1, -0.05) is 17.7 Å². The van der Waals surface area contributed by atoms with E-state index < -0.39 is 15.8 Å². The Balaban J connectivity index is 1.83. The molecule has 3 rings (SSSR count). The molecule has 0 unspecified atom stereocenters. The molecule has 0 atom stereocenters. The topological polar surface area (TPSA) is 92.7 Å².